The second-order valence-corrected chi connectivity index (χ2v) is 7.90. The zero-order chi connectivity index (χ0) is 24.9. The van der Waals surface area contributed by atoms with E-state index in [9.17, 15) is 9.59 Å². The number of aromatic nitrogens is 6. The van der Waals surface area contributed by atoms with E-state index < -0.39 is 0 Å². The molecule has 3 aromatic heterocycles. The van der Waals surface area contributed by atoms with Crippen molar-refractivity contribution in [3.05, 3.63) is 77.3 Å². The number of fused-ring (bicyclic) bond motifs is 2. The maximum atomic E-state index is 12.5. The van der Waals surface area contributed by atoms with E-state index in [1.807, 2.05) is 30.3 Å². The average molecular weight is 486 g/mol. The number of nitrogens with zero attached hydrogens (tertiary/aromatic N) is 6. The van der Waals surface area contributed by atoms with Crippen LogP contribution in [0.5, 0.6) is 11.6 Å². The van der Waals surface area contributed by atoms with E-state index in [0.717, 1.165) is 11.3 Å². The van der Waals surface area contributed by atoms with Crippen molar-refractivity contribution in [2.24, 2.45) is 0 Å². The second kappa shape index (κ2) is 10.2. The maximum Gasteiger partial charge on any atom is 0.261 e. The number of carbonyl (C=O) groups is 1. The Morgan fingerprint density at radius 3 is 2.69 bits per heavy atom. The Balaban J connectivity index is 1.14. The van der Waals surface area contributed by atoms with Crippen LogP contribution < -0.4 is 20.3 Å². The molecule has 0 aliphatic carbocycles. The number of aryl methyl sites for hydroxylation is 1. The number of hydrogen-bond acceptors (Lipinski definition) is 8. The van der Waals surface area contributed by atoms with Crippen LogP contribution in [0.15, 0.2) is 71.8 Å². The summed E-state index contributed by atoms with van der Waals surface area (Å²) in [5.41, 5.74) is 1.89. The van der Waals surface area contributed by atoms with Crippen LogP contribution in [0.25, 0.3) is 27.9 Å². The topological polar surface area (TPSA) is 126 Å². The smallest absolute Gasteiger partial charge is 0.261 e. The molecule has 0 fully saturated rings. The van der Waals surface area contributed by atoms with Crippen molar-refractivity contribution in [3.63, 3.8) is 0 Å². The Kier molecular flexibility index (Phi) is 6.52. The Labute approximate surface area is 205 Å². The van der Waals surface area contributed by atoms with Gasteiger partial charge in [0.1, 0.15) is 12.4 Å². The first-order chi connectivity index (χ1) is 17.6. The molecule has 11 heteroatoms. The lowest BCUT2D eigenvalue weighted by Gasteiger charge is -2.09. The number of para-hydroxylation sites is 1. The summed E-state index contributed by atoms with van der Waals surface area (Å²) in [5, 5.41) is 16.1. The fourth-order valence-corrected chi connectivity index (χ4v) is 3.69. The first-order valence-electron chi connectivity index (χ1n) is 11.3. The van der Waals surface area contributed by atoms with Crippen molar-refractivity contribution in [1.82, 2.24) is 34.7 Å². The molecule has 5 aromatic rings. The zero-order valence-electron chi connectivity index (χ0n) is 19.5. The van der Waals surface area contributed by atoms with Gasteiger partial charge in [0.05, 0.1) is 30.9 Å². The van der Waals surface area contributed by atoms with Crippen LogP contribution in [0.2, 0.25) is 0 Å². The van der Waals surface area contributed by atoms with Gasteiger partial charge in [-0.3, -0.25) is 14.2 Å². The predicted octanol–water partition coefficient (Wildman–Crippen LogP) is 2.10. The van der Waals surface area contributed by atoms with Gasteiger partial charge in [-0.05, 0) is 42.5 Å². The summed E-state index contributed by atoms with van der Waals surface area (Å²) >= 11 is 0. The van der Waals surface area contributed by atoms with E-state index in [1.165, 1.54) is 10.9 Å². The molecular formula is C25H23N7O4. The number of methoxy groups -OCH3 is 1. The summed E-state index contributed by atoms with van der Waals surface area (Å²) in [4.78, 5) is 29.0. The van der Waals surface area contributed by atoms with Gasteiger partial charge in [-0.25, -0.2) is 4.98 Å². The number of rotatable bonds is 9. The molecule has 182 valence electrons. The molecule has 0 unspecified atom stereocenters. The summed E-state index contributed by atoms with van der Waals surface area (Å²) in [6.45, 7) is 0.752. The monoisotopic (exact) mass is 485 g/mol. The second-order valence-electron chi connectivity index (χ2n) is 7.90. The van der Waals surface area contributed by atoms with Gasteiger partial charge in [0.2, 0.25) is 11.8 Å². The van der Waals surface area contributed by atoms with Gasteiger partial charge < -0.3 is 14.8 Å². The Bertz CT molecular complexity index is 1580. The third-order valence-electron chi connectivity index (χ3n) is 5.57. The highest BCUT2D eigenvalue weighted by atomic mass is 16.5. The molecule has 0 aliphatic rings. The molecule has 0 bridgehead atoms. The van der Waals surface area contributed by atoms with Crippen LogP contribution in [-0.4, -0.2) is 55.5 Å². The van der Waals surface area contributed by atoms with E-state index in [4.69, 9.17) is 9.47 Å². The van der Waals surface area contributed by atoms with E-state index in [2.05, 4.69) is 25.6 Å². The molecule has 0 radical (unpaired) electrons. The summed E-state index contributed by atoms with van der Waals surface area (Å²) in [6, 6.07) is 18.0. The van der Waals surface area contributed by atoms with E-state index in [0.29, 0.717) is 28.3 Å². The van der Waals surface area contributed by atoms with Gasteiger partial charge >= 0.3 is 0 Å². The zero-order valence-corrected chi connectivity index (χ0v) is 19.5. The third-order valence-corrected chi connectivity index (χ3v) is 5.57. The van der Waals surface area contributed by atoms with Crippen molar-refractivity contribution in [2.45, 2.75) is 13.0 Å². The summed E-state index contributed by atoms with van der Waals surface area (Å²) < 4.78 is 13.9. The summed E-state index contributed by atoms with van der Waals surface area (Å²) in [6.07, 6.45) is 1.62. The molecule has 1 N–H and O–H groups in total. The standard InChI is InChI=1S/C25H23N7O4/c1-35-18-8-6-17(7-9-18)24-29-28-21-10-11-23(30-32(21)24)36-15-13-26-22(33)12-14-31-16-27-20-5-3-2-4-19(20)25(31)34/h2-11,16H,12-15H2,1H3,(H,26,33). The predicted molar refractivity (Wildman–Crippen MR) is 132 cm³/mol. The summed E-state index contributed by atoms with van der Waals surface area (Å²) in [5.74, 6) is 1.50. The minimum atomic E-state index is -0.192. The van der Waals surface area contributed by atoms with Crippen LogP contribution >= 0.6 is 0 Å². The lowest BCUT2D eigenvalue weighted by atomic mass is 10.2. The van der Waals surface area contributed by atoms with Crippen LogP contribution in [-0.2, 0) is 11.3 Å². The molecule has 0 saturated carbocycles. The lowest BCUT2D eigenvalue weighted by Crippen LogP contribution is -2.30. The van der Waals surface area contributed by atoms with Crippen molar-refractivity contribution in [1.29, 1.82) is 0 Å². The number of benzene rings is 2. The van der Waals surface area contributed by atoms with Crippen molar-refractivity contribution >= 4 is 22.5 Å². The SMILES string of the molecule is COc1ccc(-c2nnc3ccc(OCCNC(=O)CCn4cnc5ccccc5c4=O)nn23)cc1. The van der Waals surface area contributed by atoms with Gasteiger partial charge in [-0.2, -0.15) is 4.52 Å². The van der Waals surface area contributed by atoms with Crippen molar-refractivity contribution < 1.29 is 14.3 Å². The molecule has 36 heavy (non-hydrogen) atoms. The van der Waals surface area contributed by atoms with E-state index in [1.54, 1.807) is 42.0 Å². The van der Waals surface area contributed by atoms with Gasteiger partial charge in [-0.15, -0.1) is 15.3 Å². The average Bonchev–Trinajstić information content (AvgIpc) is 3.34. The van der Waals surface area contributed by atoms with E-state index in [-0.39, 0.29) is 37.6 Å². The Morgan fingerprint density at radius 1 is 1.03 bits per heavy atom. The van der Waals surface area contributed by atoms with Gasteiger partial charge in [0.15, 0.2) is 11.5 Å². The van der Waals surface area contributed by atoms with Crippen LogP contribution in [0.3, 0.4) is 0 Å². The molecule has 0 aliphatic heterocycles. The molecule has 1 amide bonds. The minimum Gasteiger partial charge on any atom is -0.497 e. The molecule has 5 rings (SSSR count). The number of amides is 1. The number of carbonyl (C=O) groups excluding carboxylic acids is 1. The van der Waals surface area contributed by atoms with Crippen LogP contribution in [0.4, 0.5) is 0 Å². The number of hydrogen-bond donors (Lipinski definition) is 1. The molecular weight excluding hydrogens is 462 g/mol. The minimum absolute atomic E-state index is 0.149. The highest BCUT2D eigenvalue weighted by Gasteiger charge is 2.11. The first kappa shape index (κ1) is 23.0. The third kappa shape index (κ3) is 4.85. The fraction of sp³-hybridized carbons (Fsp3) is 0.200. The van der Waals surface area contributed by atoms with Crippen molar-refractivity contribution in [2.75, 3.05) is 20.3 Å². The quantitative estimate of drug-likeness (QED) is 0.315. The Morgan fingerprint density at radius 2 is 1.86 bits per heavy atom. The van der Waals surface area contributed by atoms with Gasteiger partial charge in [-0.1, -0.05) is 12.1 Å². The first-order valence-corrected chi connectivity index (χ1v) is 11.3. The molecule has 11 nitrogen and oxygen atoms in total. The maximum absolute atomic E-state index is 12.5. The van der Waals surface area contributed by atoms with Crippen LogP contribution in [0.1, 0.15) is 6.42 Å². The number of ether oxygens (including phenoxy) is 2. The van der Waals surface area contributed by atoms with Gasteiger partial charge in [0, 0.05) is 24.6 Å². The Hall–Kier alpha value is -4.80. The fourth-order valence-electron chi connectivity index (χ4n) is 3.69. The van der Waals surface area contributed by atoms with Crippen LogP contribution in [0, 0.1) is 0 Å². The largest absolute Gasteiger partial charge is 0.497 e. The van der Waals surface area contributed by atoms with E-state index >= 15 is 0 Å². The number of nitrogens with one attached hydrogen (secondary N) is 1. The van der Waals surface area contributed by atoms with Crippen molar-refractivity contribution in [3.8, 4) is 23.0 Å². The highest BCUT2D eigenvalue weighted by Crippen LogP contribution is 2.21. The summed E-state index contributed by atoms with van der Waals surface area (Å²) in [7, 11) is 1.61. The molecule has 3 heterocycles. The lowest BCUT2D eigenvalue weighted by molar-refractivity contribution is -0.121. The highest BCUT2D eigenvalue weighted by molar-refractivity contribution is 5.77. The molecule has 0 atom stereocenters. The van der Waals surface area contributed by atoms with Gasteiger partial charge in [0.25, 0.3) is 5.56 Å². The normalized spacial score (nSPS) is 11.0. The molecule has 0 saturated heterocycles. The molecule has 0 spiro atoms. The molecule has 2 aromatic carbocycles.